The van der Waals surface area contributed by atoms with Gasteiger partial charge in [0.05, 0.1) is 24.9 Å². The Hall–Kier alpha value is -3.17. The number of nitriles is 1. The molecular formula is C20H20ClN3O3. The third kappa shape index (κ3) is 5.66. The Morgan fingerprint density at radius 3 is 2.59 bits per heavy atom. The molecule has 6 nitrogen and oxygen atoms in total. The summed E-state index contributed by atoms with van der Waals surface area (Å²) in [5, 5.41) is 15.3. The number of rotatable bonds is 8. The maximum atomic E-state index is 12.2. The summed E-state index contributed by atoms with van der Waals surface area (Å²) in [4.78, 5) is 12.2. The van der Waals surface area contributed by atoms with Crippen molar-refractivity contribution >= 4 is 23.2 Å². The first kappa shape index (κ1) is 20.1. The number of para-hydroxylation sites is 1. The van der Waals surface area contributed by atoms with Crippen molar-refractivity contribution in [1.82, 2.24) is 5.32 Å². The smallest absolute Gasteiger partial charge is 0.263 e. The van der Waals surface area contributed by atoms with Gasteiger partial charge in [0.2, 0.25) is 0 Å². The molecule has 1 amide bonds. The second kappa shape index (κ2) is 10.1. The second-order valence-electron chi connectivity index (χ2n) is 5.49. The Balaban J connectivity index is 1.93. The van der Waals surface area contributed by atoms with Crippen LogP contribution in [-0.4, -0.2) is 26.7 Å². The molecule has 0 atom stereocenters. The third-order valence-corrected chi connectivity index (χ3v) is 4.09. The summed E-state index contributed by atoms with van der Waals surface area (Å²) in [7, 11) is 3.14. The van der Waals surface area contributed by atoms with E-state index in [1.807, 2.05) is 24.3 Å². The minimum Gasteiger partial charge on any atom is -0.493 e. The van der Waals surface area contributed by atoms with Crippen molar-refractivity contribution in [3.63, 3.8) is 0 Å². The van der Waals surface area contributed by atoms with Crippen LogP contribution in [0.1, 0.15) is 5.56 Å². The number of benzene rings is 2. The lowest BCUT2D eigenvalue weighted by Gasteiger charge is -2.10. The summed E-state index contributed by atoms with van der Waals surface area (Å²) >= 11 is 6.03. The van der Waals surface area contributed by atoms with Crippen LogP contribution in [0, 0.1) is 11.3 Å². The van der Waals surface area contributed by atoms with E-state index in [0.29, 0.717) is 35.2 Å². The maximum Gasteiger partial charge on any atom is 0.263 e. The second-order valence-corrected chi connectivity index (χ2v) is 5.90. The lowest BCUT2D eigenvalue weighted by Crippen LogP contribution is -2.27. The highest BCUT2D eigenvalue weighted by molar-refractivity contribution is 6.33. The Kier molecular flexibility index (Phi) is 7.53. The van der Waals surface area contributed by atoms with Crippen LogP contribution in [0.5, 0.6) is 11.5 Å². The van der Waals surface area contributed by atoms with Gasteiger partial charge in [-0.25, -0.2) is 0 Å². The van der Waals surface area contributed by atoms with Gasteiger partial charge in [0, 0.05) is 12.7 Å². The van der Waals surface area contributed by atoms with Gasteiger partial charge in [-0.1, -0.05) is 29.8 Å². The van der Waals surface area contributed by atoms with Crippen molar-refractivity contribution in [3.8, 4) is 17.6 Å². The highest BCUT2D eigenvalue weighted by Crippen LogP contribution is 2.27. The van der Waals surface area contributed by atoms with E-state index in [-0.39, 0.29) is 5.57 Å². The van der Waals surface area contributed by atoms with E-state index in [4.69, 9.17) is 21.1 Å². The molecular weight excluding hydrogens is 366 g/mol. The predicted octanol–water partition coefficient (Wildman–Crippen LogP) is 3.54. The van der Waals surface area contributed by atoms with Crippen molar-refractivity contribution < 1.29 is 14.3 Å². The van der Waals surface area contributed by atoms with Gasteiger partial charge >= 0.3 is 0 Å². The molecule has 2 aromatic carbocycles. The number of methoxy groups -OCH3 is 2. The molecule has 0 fully saturated rings. The first-order valence-electron chi connectivity index (χ1n) is 8.19. The van der Waals surface area contributed by atoms with Crippen LogP contribution < -0.4 is 20.1 Å². The van der Waals surface area contributed by atoms with Crippen molar-refractivity contribution in [1.29, 1.82) is 5.26 Å². The van der Waals surface area contributed by atoms with Gasteiger partial charge in [0.1, 0.15) is 11.6 Å². The molecule has 2 rings (SSSR count). The topological polar surface area (TPSA) is 83.4 Å². The van der Waals surface area contributed by atoms with Crippen molar-refractivity contribution in [3.05, 3.63) is 64.8 Å². The summed E-state index contributed by atoms with van der Waals surface area (Å²) in [6.45, 7) is 0.374. The molecule has 0 aromatic heterocycles. The zero-order valence-electron chi connectivity index (χ0n) is 15.1. The van der Waals surface area contributed by atoms with E-state index in [9.17, 15) is 10.1 Å². The number of hydrogen-bond donors (Lipinski definition) is 2. The fraction of sp³-hybridized carbons (Fsp3) is 0.200. The van der Waals surface area contributed by atoms with Crippen molar-refractivity contribution in [2.45, 2.75) is 6.42 Å². The fourth-order valence-electron chi connectivity index (χ4n) is 2.33. The Morgan fingerprint density at radius 2 is 1.93 bits per heavy atom. The standard InChI is InChI=1S/C20H20ClN3O3/c1-26-18-8-7-14(11-19(18)27-2)9-10-23-20(25)15(12-22)13-24-17-6-4-3-5-16(17)21/h3-8,11,13,24H,9-10H2,1-2H3,(H,23,25)/b15-13-. The van der Waals surface area contributed by atoms with Gasteiger partial charge in [0.25, 0.3) is 5.91 Å². The van der Waals surface area contributed by atoms with Crippen LogP contribution in [0.3, 0.4) is 0 Å². The van der Waals surface area contributed by atoms with Crippen LogP contribution in [0.4, 0.5) is 5.69 Å². The molecule has 0 saturated carbocycles. The maximum absolute atomic E-state index is 12.2. The number of amides is 1. The van der Waals surface area contributed by atoms with Crippen LogP contribution in [-0.2, 0) is 11.2 Å². The van der Waals surface area contributed by atoms with Crippen LogP contribution in [0.15, 0.2) is 54.2 Å². The zero-order valence-corrected chi connectivity index (χ0v) is 15.8. The molecule has 140 valence electrons. The Morgan fingerprint density at radius 1 is 1.19 bits per heavy atom. The molecule has 0 aliphatic heterocycles. The number of ether oxygens (including phenoxy) is 2. The van der Waals surface area contributed by atoms with E-state index in [1.165, 1.54) is 6.20 Å². The van der Waals surface area contributed by atoms with Gasteiger partial charge in [-0.3, -0.25) is 4.79 Å². The van der Waals surface area contributed by atoms with E-state index in [1.54, 1.807) is 38.5 Å². The van der Waals surface area contributed by atoms with Crippen molar-refractivity contribution in [2.75, 3.05) is 26.1 Å². The molecule has 0 aliphatic carbocycles. The van der Waals surface area contributed by atoms with Gasteiger partial charge in [-0.15, -0.1) is 0 Å². The fourth-order valence-corrected chi connectivity index (χ4v) is 2.52. The third-order valence-electron chi connectivity index (χ3n) is 3.76. The van der Waals surface area contributed by atoms with Gasteiger partial charge in [0.15, 0.2) is 11.5 Å². The van der Waals surface area contributed by atoms with E-state index in [2.05, 4.69) is 10.6 Å². The molecule has 0 heterocycles. The minimum atomic E-state index is -0.461. The summed E-state index contributed by atoms with van der Waals surface area (Å²) in [6, 6.07) is 14.5. The van der Waals surface area contributed by atoms with E-state index < -0.39 is 5.91 Å². The number of carbonyl (C=O) groups excluding carboxylic acids is 1. The van der Waals surface area contributed by atoms with E-state index >= 15 is 0 Å². The SMILES string of the molecule is COc1ccc(CCNC(=O)/C(C#N)=C\Nc2ccccc2Cl)cc1OC. The van der Waals surface area contributed by atoms with Crippen LogP contribution >= 0.6 is 11.6 Å². The largest absolute Gasteiger partial charge is 0.493 e. The average Bonchev–Trinajstić information content (AvgIpc) is 2.69. The highest BCUT2D eigenvalue weighted by Gasteiger charge is 2.09. The summed E-state index contributed by atoms with van der Waals surface area (Å²) in [5.41, 5.74) is 1.55. The Labute approximate surface area is 163 Å². The molecule has 2 N–H and O–H groups in total. The molecule has 0 saturated heterocycles. The first-order valence-corrected chi connectivity index (χ1v) is 8.57. The number of anilines is 1. The lowest BCUT2D eigenvalue weighted by molar-refractivity contribution is -0.117. The number of halogens is 1. The first-order chi connectivity index (χ1) is 13.1. The number of nitrogens with zero attached hydrogens (tertiary/aromatic N) is 1. The monoisotopic (exact) mass is 385 g/mol. The molecule has 0 unspecified atom stereocenters. The van der Waals surface area contributed by atoms with Crippen LogP contribution in [0.25, 0.3) is 0 Å². The molecule has 0 spiro atoms. The molecule has 7 heteroatoms. The lowest BCUT2D eigenvalue weighted by atomic mass is 10.1. The normalized spacial score (nSPS) is 10.7. The average molecular weight is 386 g/mol. The summed E-state index contributed by atoms with van der Waals surface area (Å²) in [6.07, 6.45) is 1.93. The molecule has 0 radical (unpaired) electrons. The summed E-state index contributed by atoms with van der Waals surface area (Å²) < 4.78 is 10.5. The zero-order chi connectivity index (χ0) is 19.6. The number of nitrogens with one attached hydrogen (secondary N) is 2. The molecule has 27 heavy (non-hydrogen) atoms. The molecule has 0 aliphatic rings. The van der Waals surface area contributed by atoms with Gasteiger partial charge in [-0.2, -0.15) is 5.26 Å². The number of hydrogen-bond acceptors (Lipinski definition) is 5. The van der Waals surface area contributed by atoms with E-state index in [0.717, 1.165) is 5.56 Å². The number of carbonyl (C=O) groups is 1. The minimum absolute atomic E-state index is 0.0396. The summed E-state index contributed by atoms with van der Waals surface area (Å²) in [5.74, 6) is 0.811. The Bertz CT molecular complexity index is 875. The van der Waals surface area contributed by atoms with Crippen molar-refractivity contribution in [2.24, 2.45) is 0 Å². The van der Waals surface area contributed by atoms with Crippen LogP contribution in [0.2, 0.25) is 5.02 Å². The van der Waals surface area contributed by atoms with Gasteiger partial charge in [-0.05, 0) is 36.2 Å². The highest BCUT2D eigenvalue weighted by atomic mass is 35.5. The molecule has 0 bridgehead atoms. The predicted molar refractivity (Wildman–Crippen MR) is 105 cm³/mol. The quantitative estimate of drug-likeness (QED) is 0.536. The molecule has 2 aromatic rings. The van der Waals surface area contributed by atoms with Gasteiger partial charge < -0.3 is 20.1 Å².